The molecule has 1 heterocycles. The van der Waals surface area contributed by atoms with Crippen molar-refractivity contribution in [3.63, 3.8) is 0 Å². The number of rotatable bonds is 7. The Morgan fingerprint density at radius 1 is 0.676 bits per heavy atom. The van der Waals surface area contributed by atoms with Crippen molar-refractivity contribution in [2.24, 2.45) is 0 Å². The Labute approximate surface area is 196 Å². The Balaban J connectivity index is 1.64. The van der Waals surface area contributed by atoms with Crippen molar-refractivity contribution in [2.45, 2.75) is 20.1 Å². The zero-order valence-electron chi connectivity index (χ0n) is 18.5. The fourth-order valence-electron chi connectivity index (χ4n) is 3.43. The summed E-state index contributed by atoms with van der Waals surface area (Å²) >= 11 is 0. The first kappa shape index (κ1) is 22.7. The molecule has 0 amide bonds. The highest BCUT2D eigenvalue weighted by molar-refractivity contribution is 5.89. The van der Waals surface area contributed by atoms with Crippen LogP contribution in [0.4, 0.5) is 0 Å². The van der Waals surface area contributed by atoms with Gasteiger partial charge < -0.3 is 13.9 Å². The molecule has 3 aromatic carbocycles. The third-order valence-electron chi connectivity index (χ3n) is 5.26. The van der Waals surface area contributed by atoms with E-state index in [1.807, 2.05) is 6.07 Å². The molecule has 0 atom stereocenters. The van der Waals surface area contributed by atoms with Gasteiger partial charge in [-0.25, -0.2) is 9.59 Å². The van der Waals surface area contributed by atoms with Crippen LogP contribution in [0.25, 0.3) is 11.1 Å². The smallest absolute Gasteiger partial charge is 0.338 e. The van der Waals surface area contributed by atoms with Crippen molar-refractivity contribution in [2.75, 3.05) is 0 Å². The number of carbonyl (C=O) groups excluding carboxylic acids is 2. The topological polar surface area (TPSA) is 82.8 Å². The monoisotopic (exact) mass is 454 g/mol. The van der Waals surface area contributed by atoms with Crippen molar-refractivity contribution in [1.82, 2.24) is 0 Å². The summed E-state index contributed by atoms with van der Waals surface area (Å²) in [4.78, 5) is 38.1. The zero-order chi connectivity index (χ0) is 23.9. The van der Waals surface area contributed by atoms with E-state index >= 15 is 0 Å². The average Bonchev–Trinajstić information content (AvgIpc) is 2.89. The van der Waals surface area contributed by atoms with Gasteiger partial charge in [-0.3, -0.25) is 4.79 Å². The molecule has 0 aliphatic carbocycles. The molecule has 0 saturated heterocycles. The fraction of sp³-hybridized carbons (Fsp3) is 0.107. The molecule has 6 heteroatoms. The highest BCUT2D eigenvalue weighted by atomic mass is 16.6. The van der Waals surface area contributed by atoms with E-state index in [0.717, 1.165) is 0 Å². The zero-order valence-corrected chi connectivity index (χ0v) is 18.5. The fourth-order valence-corrected chi connectivity index (χ4v) is 3.43. The minimum atomic E-state index is -0.542. The normalized spacial score (nSPS) is 10.5. The summed E-state index contributed by atoms with van der Waals surface area (Å²) in [6.07, 6.45) is 0. The summed E-state index contributed by atoms with van der Waals surface area (Å²) in [6.45, 7) is 1.13. The molecule has 0 N–H and O–H groups in total. The molecular formula is C28H22O6. The van der Waals surface area contributed by atoms with Gasteiger partial charge in [-0.2, -0.15) is 0 Å². The minimum absolute atomic E-state index is 0.178. The van der Waals surface area contributed by atoms with Crippen molar-refractivity contribution in [3.8, 4) is 11.1 Å². The summed E-state index contributed by atoms with van der Waals surface area (Å²) in [5.41, 5.74) is 1.75. The third-order valence-corrected chi connectivity index (χ3v) is 5.26. The Morgan fingerprint density at radius 3 is 1.62 bits per heavy atom. The van der Waals surface area contributed by atoms with Crippen LogP contribution in [-0.2, 0) is 22.7 Å². The van der Waals surface area contributed by atoms with Crippen molar-refractivity contribution in [3.05, 3.63) is 129 Å². The minimum Gasteiger partial charge on any atom is -0.458 e. The van der Waals surface area contributed by atoms with Gasteiger partial charge in [0.05, 0.1) is 16.7 Å². The SMILES string of the molecule is Cc1c(COC(=O)c2ccccc2)oc(COC(=O)c2ccccc2)c(-c2ccccc2)c1=O. The number of hydrogen-bond donors (Lipinski definition) is 0. The van der Waals surface area contributed by atoms with Crippen LogP contribution >= 0.6 is 0 Å². The number of benzene rings is 3. The Hall–Kier alpha value is -4.45. The molecule has 0 aliphatic rings. The summed E-state index contributed by atoms with van der Waals surface area (Å²) in [6, 6.07) is 26.1. The molecule has 0 fully saturated rings. The van der Waals surface area contributed by atoms with E-state index < -0.39 is 11.9 Å². The van der Waals surface area contributed by atoms with E-state index in [1.54, 1.807) is 91.9 Å². The molecule has 0 aliphatic heterocycles. The van der Waals surface area contributed by atoms with Crippen molar-refractivity contribution in [1.29, 1.82) is 0 Å². The van der Waals surface area contributed by atoms with Gasteiger partial charge in [0.25, 0.3) is 0 Å². The molecule has 0 spiro atoms. The van der Waals surface area contributed by atoms with Gasteiger partial charge in [-0.15, -0.1) is 0 Å². The molecule has 0 bridgehead atoms. The molecule has 170 valence electrons. The molecule has 1 aromatic heterocycles. The van der Waals surface area contributed by atoms with E-state index in [1.165, 1.54) is 0 Å². The van der Waals surface area contributed by atoms with E-state index in [0.29, 0.717) is 27.8 Å². The van der Waals surface area contributed by atoms with Crippen molar-refractivity contribution < 1.29 is 23.5 Å². The van der Waals surface area contributed by atoms with Crippen LogP contribution in [0.15, 0.2) is 100 Å². The number of hydrogen-bond acceptors (Lipinski definition) is 6. The second kappa shape index (κ2) is 10.4. The van der Waals surface area contributed by atoms with Gasteiger partial charge in [0.1, 0.15) is 12.4 Å². The summed E-state index contributed by atoms with van der Waals surface area (Å²) in [7, 11) is 0. The molecule has 0 saturated carbocycles. The molecule has 6 nitrogen and oxygen atoms in total. The quantitative estimate of drug-likeness (QED) is 0.351. The lowest BCUT2D eigenvalue weighted by atomic mass is 10.0. The van der Waals surface area contributed by atoms with Crippen molar-refractivity contribution >= 4 is 11.9 Å². The van der Waals surface area contributed by atoms with Crippen LogP contribution in [0.1, 0.15) is 37.8 Å². The van der Waals surface area contributed by atoms with E-state index in [2.05, 4.69) is 0 Å². The number of carbonyl (C=O) groups is 2. The molecule has 34 heavy (non-hydrogen) atoms. The van der Waals surface area contributed by atoms with Crippen LogP contribution in [0.5, 0.6) is 0 Å². The third kappa shape index (κ3) is 5.13. The highest BCUT2D eigenvalue weighted by Gasteiger charge is 2.21. The standard InChI is InChI=1S/C28H22O6/c1-19-23(17-32-27(30)21-13-7-3-8-14-21)34-24(18-33-28(31)22-15-9-4-10-16-22)25(26(19)29)20-11-5-2-6-12-20/h2-16H,17-18H2,1H3. The largest absolute Gasteiger partial charge is 0.458 e. The Kier molecular flexibility index (Phi) is 6.98. The van der Waals surface area contributed by atoms with E-state index in [9.17, 15) is 14.4 Å². The molecular weight excluding hydrogens is 432 g/mol. The van der Waals surface area contributed by atoms with Gasteiger partial charge in [0, 0.05) is 5.56 Å². The van der Waals surface area contributed by atoms with Crippen LogP contribution in [0.3, 0.4) is 0 Å². The second-order valence-corrected chi connectivity index (χ2v) is 7.53. The first-order valence-electron chi connectivity index (χ1n) is 10.7. The van der Waals surface area contributed by atoms with E-state index in [4.69, 9.17) is 13.9 Å². The molecule has 0 unspecified atom stereocenters. The van der Waals surface area contributed by atoms with Gasteiger partial charge in [0.2, 0.25) is 0 Å². The molecule has 4 rings (SSSR count). The lowest BCUT2D eigenvalue weighted by Crippen LogP contribution is -2.17. The van der Waals surface area contributed by atoms with Gasteiger partial charge >= 0.3 is 11.9 Å². The second-order valence-electron chi connectivity index (χ2n) is 7.53. The first-order chi connectivity index (χ1) is 16.5. The Bertz CT molecular complexity index is 1340. The maximum atomic E-state index is 13.3. The summed E-state index contributed by atoms with van der Waals surface area (Å²) in [5, 5.41) is 0. The predicted octanol–water partition coefficient (Wildman–Crippen LogP) is 5.33. The van der Waals surface area contributed by atoms with Crippen LogP contribution < -0.4 is 5.43 Å². The first-order valence-corrected chi connectivity index (χ1v) is 10.7. The average molecular weight is 454 g/mol. The summed E-state index contributed by atoms with van der Waals surface area (Å²) < 4.78 is 16.8. The maximum absolute atomic E-state index is 13.3. The van der Waals surface area contributed by atoms with Gasteiger partial charge in [-0.1, -0.05) is 66.7 Å². The van der Waals surface area contributed by atoms with Crippen LogP contribution in [0, 0.1) is 6.92 Å². The lowest BCUT2D eigenvalue weighted by Gasteiger charge is -2.14. The summed E-state index contributed by atoms with van der Waals surface area (Å²) in [5.74, 6) is -0.705. The predicted molar refractivity (Wildman–Crippen MR) is 126 cm³/mol. The highest BCUT2D eigenvalue weighted by Crippen LogP contribution is 2.24. The number of esters is 2. The lowest BCUT2D eigenvalue weighted by molar-refractivity contribution is 0.0409. The van der Waals surface area contributed by atoms with Gasteiger partial charge in [0.15, 0.2) is 17.8 Å². The maximum Gasteiger partial charge on any atom is 0.338 e. The number of ether oxygens (including phenoxy) is 2. The molecule has 0 radical (unpaired) electrons. The Morgan fingerprint density at radius 2 is 1.12 bits per heavy atom. The van der Waals surface area contributed by atoms with Gasteiger partial charge in [-0.05, 0) is 36.8 Å². The van der Waals surface area contributed by atoms with E-state index in [-0.39, 0.29) is 30.2 Å². The van der Waals surface area contributed by atoms with Crippen LogP contribution in [-0.4, -0.2) is 11.9 Å². The van der Waals surface area contributed by atoms with Crippen LogP contribution in [0.2, 0.25) is 0 Å². The molecule has 4 aromatic rings.